The molecule has 0 aliphatic carbocycles. The molecule has 0 aliphatic heterocycles. The summed E-state index contributed by atoms with van der Waals surface area (Å²) in [5.41, 5.74) is 2.19. The van der Waals surface area contributed by atoms with Gasteiger partial charge in [0.25, 0.3) is 0 Å². The van der Waals surface area contributed by atoms with E-state index in [0.29, 0.717) is 5.56 Å². The Labute approximate surface area is 108 Å². The predicted octanol–water partition coefficient (Wildman–Crippen LogP) is 3.47. The molecule has 0 unspecified atom stereocenters. The van der Waals surface area contributed by atoms with Gasteiger partial charge in [-0.15, -0.1) is 0 Å². The van der Waals surface area contributed by atoms with Gasteiger partial charge in [-0.1, -0.05) is 30.4 Å². The molecule has 3 rings (SSSR count). The highest BCUT2D eigenvalue weighted by Crippen LogP contribution is 2.23. The average Bonchev–Trinajstić information content (AvgIpc) is 2.90. The lowest BCUT2D eigenvalue weighted by Crippen LogP contribution is -1.85. The van der Waals surface area contributed by atoms with E-state index >= 15 is 0 Å². The fourth-order valence-electron chi connectivity index (χ4n) is 1.78. The summed E-state index contributed by atoms with van der Waals surface area (Å²) in [6.07, 6.45) is 2.75. The third kappa shape index (κ3) is 1.80. The van der Waals surface area contributed by atoms with Gasteiger partial charge >= 0.3 is 0 Å². The van der Waals surface area contributed by atoms with Crippen LogP contribution in [0.3, 0.4) is 0 Å². The second-order valence-corrected chi connectivity index (χ2v) is 5.21. The largest absolute Gasteiger partial charge is 0.217 e. The van der Waals surface area contributed by atoms with Crippen molar-refractivity contribution in [1.82, 2.24) is 14.6 Å². The lowest BCUT2D eigenvalue weighted by atomic mass is 10.1. The van der Waals surface area contributed by atoms with Crippen LogP contribution in [-0.2, 0) is 6.42 Å². The molecule has 2 heterocycles. The number of fused-ring (bicyclic) bond motifs is 1. The molecule has 0 radical (unpaired) electrons. The van der Waals surface area contributed by atoms with Crippen LogP contribution >= 0.6 is 11.3 Å². The van der Waals surface area contributed by atoms with Crippen LogP contribution in [0.25, 0.3) is 16.2 Å². The third-order valence-electron chi connectivity index (χ3n) is 2.86. The van der Waals surface area contributed by atoms with Gasteiger partial charge in [-0.05, 0) is 25.0 Å². The molecule has 0 spiro atoms. The van der Waals surface area contributed by atoms with Gasteiger partial charge in [0.15, 0.2) is 0 Å². The molecule has 0 saturated heterocycles. The van der Waals surface area contributed by atoms with E-state index < -0.39 is 0 Å². The number of halogens is 1. The van der Waals surface area contributed by atoms with Crippen LogP contribution in [0, 0.1) is 12.7 Å². The molecular weight excluding hydrogens is 249 g/mol. The van der Waals surface area contributed by atoms with Crippen molar-refractivity contribution in [3.8, 4) is 11.3 Å². The lowest BCUT2D eigenvalue weighted by Gasteiger charge is -1.99. The van der Waals surface area contributed by atoms with Crippen molar-refractivity contribution in [1.29, 1.82) is 0 Å². The quantitative estimate of drug-likeness (QED) is 0.707. The van der Waals surface area contributed by atoms with E-state index in [1.807, 2.05) is 12.3 Å². The van der Waals surface area contributed by atoms with Gasteiger partial charge in [-0.3, -0.25) is 0 Å². The molecule has 0 atom stereocenters. The minimum Gasteiger partial charge on any atom is -0.217 e. The number of nitrogens with zero attached hydrogens (tertiary/aromatic N) is 3. The first-order chi connectivity index (χ1) is 8.67. The molecule has 3 aromatic rings. The van der Waals surface area contributed by atoms with Gasteiger partial charge < -0.3 is 0 Å². The fraction of sp³-hybridized carbons (Fsp3) is 0.231. The van der Waals surface area contributed by atoms with Crippen LogP contribution in [0.5, 0.6) is 0 Å². The van der Waals surface area contributed by atoms with Crippen molar-refractivity contribution < 1.29 is 4.39 Å². The van der Waals surface area contributed by atoms with Gasteiger partial charge in [-0.2, -0.15) is 5.10 Å². The molecule has 1 aromatic carbocycles. The van der Waals surface area contributed by atoms with E-state index in [9.17, 15) is 4.39 Å². The number of benzene rings is 1. The maximum absolute atomic E-state index is 13.5. The maximum Gasteiger partial charge on any atom is 0.212 e. The average molecular weight is 261 g/mol. The summed E-state index contributed by atoms with van der Waals surface area (Å²) >= 11 is 1.57. The molecule has 2 aromatic heterocycles. The molecule has 0 amide bonds. The Bertz CT molecular complexity index is 683. The SMILES string of the molecule is CCc1nn2cc(-c3ccc(C)c(F)c3)nc2s1. The molecule has 5 heteroatoms. The topological polar surface area (TPSA) is 30.2 Å². The summed E-state index contributed by atoms with van der Waals surface area (Å²) in [7, 11) is 0. The number of imidazole rings is 1. The van der Waals surface area contributed by atoms with Crippen LogP contribution in [0.1, 0.15) is 17.5 Å². The van der Waals surface area contributed by atoms with Crippen LogP contribution < -0.4 is 0 Å². The minimum atomic E-state index is -0.203. The van der Waals surface area contributed by atoms with E-state index in [1.54, 1.807) is 28.8 Å². The van der Waals surface area contributed by atoms with Crippen molar-refractivity contribution in [3.05, 3.63) is 40.8 Å². The van der Waals surface area contributed by atoms with Crippen molar-refractivity contribution in [3.63, 3.8) is 0 Å². The Morgan fingerprint density at radius 2 is 2.22 bits per heavy atom. The fourth-order valence-corrected chi connectivity index (χ4v) is 2.59. The van der Waals surface area contributed by atoms with Crippen LogP contribution in [0.15, 0.2) is 24.4 Å². The van der Waals surface area contributed by atoms with E-state index in [0.717, 1.165) is 27.6 Å². The Kier molecular flexibility index (Phi) is 2.63. The van der Waals surface area contributed by atoms with E-state index in [1.165, 1.54) is 6.07 Å². The van der Waals surface area contributed by atoms with Crippen molar-refractivity contribution in [2.75, 3.05) is 0 Å². The highest BCUT2D eigenvalue weighted by molar-refractivity contribution is 7.16. The molecular formula is C13H12FN3S. The molecule has 0 bridgehead atoms. The summed E-state index contributed by atoms with van der Waals surface area (Å²) in [5.74, 6) is -0.203. The van der Waals surface area contributed by atoms with E-state index in [2.05, 4.69) is 17.0 Å². The monoisotopic (exact) mass is 261 g/mol. The molecule has 18 heavy (non-hydrogen) atoms. The van der Waals surface area contributed by atoms with Gasteiger partial charge in [0.1, 0.15) is 10.8 Å². The minimum absolute atomic E-state index is 0.203. The summed E-state index contributed by atoms with van der Waals surface area (Å²) in [6.45, 7) is 3.81. The Morgan fingerprint density at radius 1 is 1.39 bits per heavy atom. The lowest BCUT2D eigenvalue weighted by molar-refractivity contribution is 0.619. The first-order valence-electron chi connectivity index (χ1n) is 5.79. The zero-order valence-electron chi connectivity index (χ0n) is 10.1. The first-order valence-corrected chi connectivity index (χ1v) is 6.60. The van der Waals surface area contributed by atoms with Crippen molar-refractivity contribution >= 4 is 16.3 Å². The van der Waals surface area contributed by atoms with Crippen molar-refractivity contribution in [2.45, 2.75) is 20.3 Å². The molecule has 0 saturated carbocycles. The third-order valence-corrected chi connectivity index (χ3v) is 3.92. The molecule has 92 valence electrons. The Balaban J connectivity index is 2.07. The first kappa shape index (κ1) is 11.3. The summed E-state index contributed by atoms with van der Waals surface area (Å²) in [5, 5.41) is 5.45. The number of aromatic nitrogens is 3. The molecule has 0 N–H and O–H groups in total. The number of rotatable bonds is 2. The molecule has 0 fully saturated rings. The van der Waals surface area contributed by atoms with Crippen molar-refractivity contribution in [2.24, 2.45) is 0 Å². The standard InChI is InChI=1S/C13H12FN3S/c1-3-12-16-17-7-11(15-13(17)18-12)9-5-4-8(2)10(14)6-9/h4-7H,3H2,1-2H3. The van der Waals surface area contributed by atoms with E-state index in [-0.39, 0.29) is 5.82 Å². The Hall–Kier alpha value is -1.75. The number of hydrogen-bond acceptors (Lipinski definition) is 3. The van der Waals surface area contributed by atoms with Gasteiger partial charge in [0.05, 0.1) is 11.9 Å². The predicted molar refractivity (Wildman–Crippen MR) is 70.4 cm³/mol. The van der Waals surface area contributed by atoms with Crippen LogP contribution in [0.4, 0.5) is 4.39 Å². The summed E-state index contributed by atoms with van der Waals surface area (Å²) < 4.78 is 15.3. The van der Waals surface area contributed by atoms with Gasteiger partial charge in [0.2, 0.25) is 4.96 Å². The highest BCUT2D eigenvalue weighted by Gasteiger charge is 2.09. The van der Waals surface area contributed by atoms with Crippen LogP contribution in [-0.4, -0.2) is 14.6 Å². The normalized spacial score (nSPS) is 11.3. The van der Waals surface area contributed by atoms with Gasteiger partial charge in [0, 0.05) is 5.56 Å². The maximum atomic E-state index is 13.5. The van der Waals surface area contributed by atoms with Gasteiger partial charge in [-0.25, -0.2) is 13.9 Å². The number of aryl methyl sites for hydroxylation is 2. The van der Waals surface area contributed by atoms with Crippen LogP contribution in [0.2, 0.25) is 0 Å². The highest BCUT2D eigenvalue weighted by atomic mass is 32.1. The molecule has 3 nitrogen and oxygen atoms in total. The smallest absolute Gasteiger partial charge is 0.212 e. The molecule has 0 aliphatic rings. The zero-order valence-corrected chi connectivity index (χ0v) is 11.0. The Morgan fingerprint density at radius 3 is 2.89 bits per heavy atom. The zero-order chi connectivity index (χ0) is 12.7. The second-order valence-electron chi connectivity index (χ2n) is 4.17. The summed E-state index contributed by atoms with van der Waals surface area (Å²) in [6, 6.07) is 5.16. The number of hydrogen-bond donors (Lipinski definition) is 0. The second kappa shape index (κ2) is 4.17. The van der Waals surface area contributed by atoms with E-state index in [4.69, 9.17) is 0 Å². The summed E-state index contributed by atoms with van der Waals surface area (Å²) in [4.78, 5) is 5.32.